The Balaban J connectivity index is 2.85. The van der Waals surface area contributed by atoms with Crippen LogP contribution in [0.4, 0.5) is 0 Å². The van der Waals surface area contributed by atoms with Crippen LogP contribution >= 0.6 is 0 Å². The third kappa shape index (κ3) is 2.91. The highest BCUT2D eigenvalue weighted by molar-refractivity contribution is 5.80. The fourth-order valence-electron chi connectivity index (χ4n) is 2.46. The molecule has 86 valence electrons. The number of rotatable bonds is 3. The second-order valence-electron chi connectivity index (χ2n) is 5.33. The lowest BCUT2D eigenvalue weighted by Gasteiger charge is -2.35. The number of aliphatic hydroxyl groups is 1. The minimum absolute atomic E-state index is 0.128. The van der Waals surface area contributed by atoms with Gasteiger partial charge in [-0.3, -0.25) is 4.79 Å². The van der Waals surface area contributed by atoms with E-state index in [-0.39, 0.29) is 11.2 Å². The summed E-state index contributed by atoms with van der Waals surface area (Å²) in [7, 11) is 0. The van der Waals surface area contributed by atoms with Crippen molar-refractivity contribution >= 4 is 5.78 Å². The second kappa shape index (κ2) is 4.48. The van der Waals surface area contributed by atoms with Gasteiger partial charge in [-0.2, -0.15) is 0 Å². The standard InChI is InChI=1S/C13H22O2/c1-9-6-5-7-13(3,4)11(9)8-12(15)10(2)14/h12,15H,5-8H2,1-4H3. The molecule has 0 amide bonds. The SMILES string of the molecule is CC(=O)C(O)CC1=C(C)CCCC1(C)C. The highest BCUT2D eigenvalue weighted by Crippen LogP contribution is 2.42. The van der Waals surface area contributed by atoms with E-state index < -0.39 is 6.10 Å². The minimum Gasteiger partial charge on any atom is -0.385 e. The summed E-state index contributed by atoms with van der Waals surface area (Å²) < 4.78 is 0. The van der Waals surface area contributed by atoms with Crippen LogP contribution in [0.15, 0.2) is 11.1 Å². The van der Waals surface area contributed by atoms with Crippen molar-refractivity contribution in [2.45, 2.75) is 59.5 Å². The summed E-state index contributed by atoms with van der Waals surface area (Å²) in [4.78, 5) is 11.1. The largest absolute Gasteiger partial charge is 0.385 e. The molecule has 1 unspecified atom stereocenters. The van der Waals surface area contributed by atoms with E-state index in [0.29, 0.717) is 6.42 Å². The van der Waals surface area contributed by atoms with Gasteiger partial charge in [-0.15, -0.1) is 0 Å². The molecule has 0 spiro atoms. The quantitative estimate of drug-likeness (QED) is 0.727. The molecule has 0 fully saturated rings. The molecule has 1 aliphatic carbocycles. The van der Waals surface area contributed by atoms with Crippen LogP contribution in [-0.4, -0.2) is 17.0 Å². The zero-order valence-corrected chi connectivity index (χ0v) is 10.3. The van der Waals surface area contributed by atoms with Gasteiger partial charge in [0, 0.05) is 6.42 Å². The van der Waals surface area contributed by atoms with Gasteiger partial charge in [-0.25, -0.2) is 0 Å². The summed E-state index contributed by atoms with van der Waals surface area (Å²) in [5, 5.41) is 9.64. The highest BCUT2D eigenvalue weighted by Gasteiger charge is 2.30. The Morgan fingerprint density at radius 1 is 1.53 bits per heavy atom. The van der Waals surface area contributed by atoms with Crippen LogP contribution in [-0.2, 0) is 4.79 Å². The number of hydrogen-bond donors (Lipinski definition) is 1. The van der Waals surface area contributed by atoms with Crippen molar-refractivity contribution in [1.82, 2.24) is 0 Å². The van der Waals surface area contributed by atoms with Gasteiger partial charge in [0.05, 0.1) is 0 Å². The summed E-state index contributed by atoms with van der Waals surface area (Å²) in [6.45, 7) is 8.00. The first-order chi connectivity index (χ1) is 6.84. The van der Waals surface area contributed by atoms with Crippen molar-refractivity contribution in [3.63, 3.8) is 0 Å². The van der Waals surface area contributed by atoms with Gasteiger partial charge in [0.2, 0.25) is 0 Å². The zero-order chi connectivity index (χ0) is 11.6. The molecule has 0 heterocycles. The van der Waals surface area contributed by atoms with Crippen LogP contribution in [0.1, 0.15) is 53.4 Å². The Kier molecular flexibility index (Phi) is 3.72. The molecule has 0 aliphatic heterocycles. The molecule has 1 rings (SSSR count). The number of hydrogen-bond acceptors (Lipinski definition) is 2. The Morgan fingerprint density at radius 3 is 2.60 bits per heavy atom. The van der Waals surface area contributed by atoms with Crippen molar-refractivity contribution in [3.8, 4) is 0 Å². The van der Waals surface area contributed by atoms with Crippen LogP contribution < -0.4 is 0 Å². The number of Topliss-reactive ketones (excluding diaryl/α,β-unsaturated/α-hetero) is 1. The van der Waals surface area contributed by atoms with E-state index in [1.54, 1.807) is 0 Å². The monoisotopic (exact) mass is 210 g/mol. The number of allylic oxidation sites excluding steroid dienone is 1. The van der Waals surface area contributed by atoms with Crippen molar-refractivity contribution in [2.24, 2.45) is 5.41 Å². The van der Waals surface area contributed by atoms with Gasteiger partial charge in [0.1, 0.15) is 6.10 Å². The summed E-state index contributed by atoms with van der Waals surface area (Å²) in [5.41, 5.74) is 2.81. The van der Waals surface area contributed by atoms with Crippen LogP contribution in [0.25, 0.3) is 0 Å². The Labute approximate surface area is 92.4 Å². The van der Waals surface area contributed by atoms with Crippen molar-refractivity contribution in [2.75, 3.05) is 0 Å². The number of aliphatic hydroxyl groups excluding tert-OH is 1. The van der Waals surface area contributed by atoms with E-state index in [9.17, 15) is 9.90 Å². The summed E-state index contributed by atoms with van der Waals surface area (Å²) in [6.07, 6.45) is 3.20. The average molecular weight is 210 g/mol. The maximum absolute atomic E-state index is 11.1. The highest BCUT2D eigenvalue weighted by atomic mass is 16.3. The van der Waals surface area contributed by atoms with Crippen molar-refractivity contribution < 1.29 is 9.90 Å². The van der Waals surface area contributed by atoms with E-state index in [1.807, 2.05) is 0 Å². The van der Waals surface area contributed by atoms with Crippen LogP contribution in [0.3, 0.4) is 0 Å². The third-order valence-electron chi connectivity index (χ3n) is 3.55. The van der Waals surface area contributed by atoms with Crippen LogP contribution in [0.5, 0.6) is 0 Å². The molecule has 1 N–H and O–H groups in total. The van der Waals surface area contributed by atoms with Gasteiger partial charge in [-0.1, -0.05) is 25.0 Å². The molecule has 0 aromatic heterocycles. The Hall–Kier alpha value is -0.630. The molecule has 0 saturated heterocycles. The molecule has 0 bridgehead atoms. The summed E-state index contributed by atoms with van der Waals surface area (Å²) in [5.74, 6) is -0.128. The molecule has 1 aliphatic rings. The van der Waals surface area contributed by atoms with E-state index in [0.717, 1.165) is 12.8 Å². The average Bonchev–Trinajstić information content (AvgIpc) is 2.10. The molecule has 0 aromatic carbocycles. The molecule has 0 saturated carbocycles. The maximum Gasteiger partial charge on any atom is 0.158 e. The fourth-order valence-corrected chi connectivity index (χ4v) is 2.46. The Morgan fingerprint density at radius 2 is 2.13 bits per heavy atom. The summed E-state index contributed by atoms with van der Waals surface area (Å²) in [6, 6.07) is 0. The van der Waals surface area contributed by atoms with Crippen LogP contribution in [0.2, 0.25) is 0 Å². The van der Waals surface area contributed by atoms with Gasteiger partial charge < -0.3 is 5.11 Å². The summed E-state index contributed by atoms with van der Waals surface area (Å²) >= 11 is 0. The third-order valence-corrected chi connectivity index (χ3v) is 3.55. The molecule has 15 heavy (non-hydrogen) atoms. The molecule has 2 heteroatoms. The second-order valence-corrected chi connectivity index (χ2v) is 5.33. The van der Waals surface area contributed by atoms with Gasteiger partial charge >= 0.3 is 0 Å². The lowest BCUT2D eigenvalue weighted by atomic mass is 9.71. The number of ketones is 1. The predicted octanol–water partition coefficient (Wildman–Crippen LogP) is 2.85. The molecule has 0 radical (unpaired) electrons. The minimum atomic E-state index is -0.813. The first-order valence-corrected chi connectivity index (χ1v) is 5.72. The topological polar surface area (TPSA) is 37.3 Å². The number of carbonyl (C=O) groups is 1. The first-order valence-electron chi connectivity index (χ1n) is 5.72. The molecule has 1 atom stereocenters. The molecular formula is C13H22O2. The van der Waals surface area contributed by atoms with E-state index in [2.05, 4.69) is 20.8 Å². The lowest BCUT2D eigenvalue weighted by molar-refractivity contribution is -0.124. The van der Waals surface area contributed by atoms with Gasteiger partial charge in [0.15, 0.2) is 5.78 Å². The van der Waals surface area contributed by atoms with E-state index in [1.165, 1.54) is 24.5 Å². The first kappa shape index (κ1) is 12.4. The smallest absolute Gasteiger partial charge is 0.158 e. The Bertz CT molecular complexity index is 287. The van der Waals surface area contributed by atoms with Crippen molar-refractivity contribution in [1.29, 1.82) is 0 Å². The van der Waals surface area contributed by atoms with E-state index in [4.69, 9.17) is 0 Å². The van der Waals surface area contributed by atoms with Gasteiger partial charge in [-0.05, 0) is 38.5 Å². The molecular weight excluding hydrogens is 188 g/mol. The maximum atomic E-state index is 11.1. The fraction of sp³-hybridized carbons (Fsp3) is 0.769. The molecule has 0 aromatic rings. The van der Waals surface area contributed by atoms with E-state index >= 15 is 0 Å². The van der Waals surface area contributed by atoms with Crippen molar-refractivity contribution in [3.05, 3.63) is 11.1 Å². The molecule has 2 nitrogen and oxygen atoms in total. The van der Waals surface area contributed by atoms with Crippen LogP contribution in [0, 0.1) is 5.41 Å². The van der Waals surface area contributed by atoms with Gasteiger partial charge in [0.25, 0.3) is 0 Å². The normalized spacial score (nSPS) is 22.7. The number of carbonyl (C=O) groups excluding carboxylic acids is 1. The zero-order valence-electron chi connectivity index (χ0n) is 10.3. The predicted molar refractivity (Wildman–Crippen MR) is 61.6 cm³/mol. The lowest BCUT2D eigenvalue weighted by Crippen LogP contribution is -2.26.